The monoisotopic (exact) mass is 570 g/mol. The van der Waals surface area contributed by atoms with E-state index in [1.807, 2.05) is 6.07 Å². The zero-order valence-corrected chi connectivity index (χ0v) is 23.6. The third-order valence-corrected chi connectivity index (χ3v) is 7.95. The number of rotatable bonds is 11. The maximum Gasteiger partial charge on any atom is 0.341 e. The molecule has 0 radical (unpaired) electrons. The fourth-order valence-corrected chi connectivity index (χ4v) is 5.58. The van der Waals surface area contributed by atoms with Crippen LogP contribution in [0.1, 0.15) is 43.4 Å². The minimum absolute atomic E-state index is 0.0527. The summed E-state index contributed by atoms with van der Waals surface area (Å²) < 4.78 is 38.3. The molecular formula is C30H36F2N4O5. The van der Waals surface area contributed by atoms with Crippen LogP contribution in [0.3, 0.4) is 0 Å². The van der Waals surface area contributed by atoms with E-state index >= 15 is 0 Å². The summed E-state index contributed by atoms with van der Waals surface area (Å²) in [6, 6.07) is 11.6. The van der Waals surface area contributed by atoms with Gasteiger partial charge in [0, 0.05) is 13.7 Å². The molecule has 1 N–H and O–H groups in total. The van der Waals surface area contributed by atoms with Gasteiger partial charge in [-0.05, 0) is 67.6 Å². The van der Waals surface area contributed by atoms with Gasteiger partial charge in [0.15, 0.2) is 11.6 Å². The SMILES string of the molecule is COCC1=C(C(=O)OC)C(c2ccc(F)c(F)c2)N(N(C=O)CCCN2CCC(C)(c3ccccc3)CC2)C(=O)N1. The lowest BCUT2D eigenvalue weighted by atomic mass is 9.74. The van der Waals surface area contributed by atoms with Crippen LogP contribution in [0.2, 0.25) is 0 Å². The average molecular weight is 571 g/mol. The van der Waals surface area contributed by atoms with Gasteiger partial charge in [-0.2, -0.15) is 0 Å². The van der Waals surface area contributed by atoms with E-state index in [4.69, 9.17) is 9.47 Å². The van der Waals surface area contributed by atoms with Crippen LogP contribution in [0, 0.1) is 11.6 Å². The molecule has 11 heteroatoms. The number of likely N-dealkylation sites (tertiary alicyclic amines) is 1. The van der Waals surface area contributed by atoms with Crippen LogP contribution in [0.15, 0.2) is 59.8 Å². The van der Waals surface area contributed by atoms with Crippen molar-refractivity contribution in [1.82, 2.24) is 20.2 Å². The second-order valence-electron chi connectivity index (χ2n) is 10.6. The first-order valence-corrected chi connectivity index (χ1v) is 13.6. The summed E-state index contributed by atoms with van der Waals surface area (Å²) in [6.07, 6.45) is 3.02. The molecule has 9 nitrogen and oxygen atoms in total. The Kier molecular flexibility index (Phi) is 9.72. The number of hydrogen-bond acceptors (Lipinski definition) is 6. The lowest BCUT2D eigenvalue weighted by molar-refractivity contribution is -0.141. The van der Waals surface area contributed by atoms with Gasteiger partial charge < -0.3 is 19.7 Å². The predicted octanol–water partition coefficient (Wildman–Crippen LogP) is 3.92. The number of carbonyl (C=O) groups excluding carboxylic acids is 3. The standard InChI is InChI=1S/C30H36F2N4O5/c1-30(22-8-5-4-6-9-22)12-16-34(17-13-30)14-7-15-35(20-37)36-27(21-10-11-23(31)24(32)18-21)26(28(38)41-3)25(19-40-2)33-29(36)39/h4-6,8-11,18,20,27H,7,12-17,19H2,1-3H3,(H,33,39). The molecule has 1 saturated heterocycles. The number of hydrogen-bond donors (Lipinski definition) is 1. The number of benzene rings is 2. The first kappa shape index (κ1) is 30.1. The third-order valence-electron chi connectivity index (χ3n) is 7.95. The molecule has 1 atom stereocenters. The summed E-state index contributed by atoms with van der Waals surface area (Å²) in [5.74, 6) is -3.05. The van der Waals surface area contributed by atoms with E-state index in [0.717, 1.165) is 48.1 Å². The van der Waals surface area contributed by atoms with E-state index in [1.165, 1.54) is 25.8 Å². The van der Waals surface area contributed by atoms with Crippen LogP contribution in [0.4, 0.5) is 13.6 Å². The van der Waals surface area contributed by atoms with Crippen molar-refractivity contribution in [3.8, 4) is 0 Å². The summed E-state index contributed by atoms with van der Waals surface area (Å²) >= 11 is 0. The number of halogens is 2. The van der Waals surface area contributed by atoms with Crippen molar-refractivity contribution in [2.45, 2.75) is 37.6 Å². The van der Waals surface area contributed by atoms with Crippen LogP contribution in [0.5, 0.6) is 0 Å². The Morgan fingerprint density at radius 3 is 2.44 bits per heavy atom. The van der Waals surface area contributed by atoms with E-state index in [9.17, 15) is 23.2 Å². The minimum atomic E-state index is -1.26. The van der Waals surface area contributed by atoms with Crippen LogP contribution in [0.25, 0.3) is 0 Å². The maximum absolute atomic E-state index is 14.3. The first-order valence-electron chi connectivity index (χ1n) is 13.6. The number of urea groups is 1. The number of ether oxygens (including phenoxy) is 2. The van der Waals surface area contributed by atoms with Gasteiger partial charge >= 0.3 is 12.0 Å². The van der Waals surface area contributed by atoms with Crippen molar-refractivity contribution < 1.29 is 32.6 Å². The van der Waals surface area contributed by atoms with Gasteiger partial charge in [-0.1, -0.05) is 43.3 Å². The molecule has 4 rings (SSSR count). The Bertz CT molecular complexity index is 1280. The predicted molar refractivity (Wildman–Crippen MR) is 147 cm³/mol. The molecular weight excluding hydrogens is 534 g/mol. The first-order chi connectivity index (χ1) is 19.7. The highest BCUT2D eigenvalue weighted by Gasteiger charge is 2.42. The molecule has 2 aliphatic rings. The van der Waals surface area contributed by atoms with E-state index in [1.54, 1.807) is 0 Å². The minimum Gasteiger partial charge on any atom is -0.466 e. The Labute approximate surface area is 238 Å². The molecule has 41 heavy (non-hydrogen) atoms. The summed E-state index contributed by atoms with van der Waals surface area (Å²) in [5, 5.41) is 4.81. The largest absolute Gasteiger partial charge is 0.466 e. The fourth-order valence-electron chi connectivity index (χ4n) is 5.58. The number of methoxy groups -OCH3 is 2. The lowest BCUT2D eigenvalue weighted by Gasteiger charge is -2.43. The summed E-state index contributed by atoms with van der Waals surface area (Å²) in [6.45, 7) is 4.76. The molecule has 1 unspecified atom stereocenters. The molecule has 0 aliphatic carbocycles. The zero-order chi connectivity index (χ0) is 29.6. The van der Waals surface area contributed by atoms with E-state index in [0.29, 0.717) is 19.4 Å². The number of nitrogens with zero attached hydrogens (tertiary/aromatic N) is 3. The number of carbonyl (C=O) groups is 3. The number of piperidine rings is 1. The lowest BCUT2D eigenvalue weighted by Crippen LogP contribution is -2.57. The van der Waals surface area contributed by atoms with Crippen molar-refractivity contribution in [2.24, 2.45) is 0 Å². The summed E-state index contributed by atoms with van der Waals surface area (Å²) in [5.41, 5.74) is 1.58. The van der Waals surface area contributed by atoms with Gasteiger partial charge in [0.05, 0.1) is 25.0 Å². The molecule has 2 aliphatic heterocycles. The smallest absolute Gasteiger partial charge is 0.341 e. The molecule has 0 bridgehead atoms. The van der Waals surface area contributed by atoms with Crippen molar-refractivity contribution >= 4 is 18.4 Å². The topological polar surface area (TPSA) is 91.4 Å². The second-order valence-corrected chi connectivity index (χ2v) is 10.6. The molecule has 0 saturated carbocycles. The molecule has 3 amide bonds. The third kappa shape index (κ3) is 6.57. The number of esters is 1. The highest BCUT2D eigenvalue weighted by molar-refractivity contribution is 5.95. The molecule has 0 aromatic heterocycles. The molecule has 0 spiro atoms. The fraction of sp³-hybridized carbons (Fsp3) is 0.433. The highest BCUT2D eigenvalue weighted by atomic mass is 19.2. The quantitative estimate of drug-likeness (QED) is 0.325. The van der Waals surface area contributed by atoms with Crippen LogP contribution in [-0.2, 0) is 24.5 Å². The highest BCUT2D eigenvalue weighted by Crippen LogP contribution is 2.37. The maximum atomic E-state index is 14.3. The van der Waals surface area contributed by atoms with E-state index < -0.39 is 29.7 Å². The van der Waals surface area contributed by atoms with E-state index in [-0.39, 0.29) is 35.4 Å². The Morgan fingerprint density at radius 2 is 1.83 bits per heavy atom. The average Bonchev–Trinajstić information content (AvgIpc) is 2.98. The van der Waals surface area contributed by atoms with Crippen molar-refractivity contribution in [2.75, 3.05) is 47.0 Å². The van der Waals surface area contributed by atoms with Crippen molar-refractivity contribution in [1.29, 1.82) is 0 Å². The Balaban J connectivity index is 1.52. The number of amides is 3. The molecule has 1 fully saturated rings. The molecule has 220 valence electrons. The van der Waals surface area contributed by atoms with Crippen molar-refractivity contribution in [3.63, 3.8) is 0 Å². The number of nitrogens with one attached hydrogen (secondary N) is 1. The van der Waals surface area contributed by atoms with Crippen LogP contribution < -0.4 is 5.32 Å². The van der Waals surface area contributed by atoms with Gasteiger partial charge in [-0.3, -0.25) is 9.80 Å². The van der Waals surface area contributed by atoms with Gasteiger partial charge in [0.25, 0.3) is 0 Å². The van der Waals surface area contributed by atoms with Crippen molar-refractivity contribution in [3.05, 3.63) is 82.6 Å². The van der Waals surface area contributed by atoms with Gasteiger partial charge in [-0.15, -0.1) is 0 Å². The Morgan fingerprint density at radius 1 is 1.12 bits per heavy atom. The van der Waals surface area contributed by atoms with Crippen LogP contribution in [-0.4, -0.2) is 80.3 Å². The number of hydrazine groups is 1. The summed E-state index contributed by atoms with van der Waals surface area (Å²) in [7, 11) is 2.55. The summed E-state index contributed by atoms with van der Waals surface area (Å²) in [4.78, 5) is 40.9. The van der Waals surface area contributed by atoms with E-state index in [2.05, 4.69) is 41.4 Å². The molecule has 2 aromatic rings. The zero-order valence-electron chi connectivity index (χ0n) is 23.6. The normalized spacial score (nSPS) is 19.1. The van der Waals surface area contributed by atoms with Gasteiger partial charge in [-0.25, -0.2) is 23.4 Å². The molecule has 2 aromatic carbocycles. The van der Waals surface area contributed by atoms with Gasteiger partial charge in [0.1, 0.15) is 6.04 Å². The Hall–Kier alpha value is -3.83. The van der Waals surface area contributed by atoms with Gasteiger partial charge in [0.2, 0.25) is 6.41 Å². The van der Waals surface area contributed by atoms with Crippen LogP contribution >= 0.6 is 0 Å². The molecule has 2 heterocycles. The second kappa shape index (κ2) is 13.2.